The number of rotatable bonds is 5. The van der Waals surface area contributed by atoms with Crippen LogP contribution in [-0.2, 0) is 16.0 Å². The van der Waals surface area contributed by atoms with Crippen LogP contribution < -0.4 is 5.32 Å². The molecular formula is C17H17NO3. The number of aliphatic carboxylic acids is 1. The molecule has 4 heteroatoms. The van der Waals surface area contributed by atoms with Gasteiger partial charge in [0, 0.05) is 18.2 Å². The van der Waals surface area contributed by atoms with Crippen LogP contribution in [0.2, 0.25) is 0 Å². The molecule has 2 aromatic carbocycles. The van der Waals surface area contributed by atoms with Gasteiger partial charge in [-0.15, -0.1) is 0 Å². The normalized spacial score (nSPS) is 12.4. The molecule has 0 bridgehead atoms. The maximum absolute atomic E-state index is 11.6. The molecule has 108 valence electrons. The fourth-order valence-corrected chi connectivity index (χ4v) is 2.29. The van der Waals surface area contributed by atoms with Gasteiger partial charge in [0.25, 0.3) is 0 Å². The van der Waals surface area contributed by atoms with E-state index in [0.29, 0.717) is 6.42 Å². The van der Waals surface area contributed by atoms with Crippen molar-refractivity contribution >= 4 is 22.6 Å². The number of fused-ring (bicyclic) bond motifs is 1. The van der Waals surface area contributed by atoms with E-state index in [4.69, 9.17) is 5.11 Å². The lowest BCUT2D eigenvalue weighted by atomic mass is 9.99. The van der Waals surface area contributed by atoms with Gasteiger partial charge in [-0.05, 0) is 29.7 Å². The highest BCUT2D eigenvalue weighted by atomic mass is 16.4. The standard InChI is InChI=1S/C17H17NO3/c1-12(18-16(19)9-10-17(20)21)11-14-7-4-6-13-5-2-3-8-15(13)14/h2-10,12H,11H2,1H3,(H,18,19)(H,20,21)/b10-9-/t12-/m1/s1. The SMILES string of the molecule is C[C@H](Cc1cccc2ccccc12)NC(=O)/C=C\C(=O)O. The first-order chi connectivity index (χ1) is 10.1. The maximum Gasteiger partial charge on any atom is 0.328 e. The van der Waals surface area contributed by atoms with Gasteiger partial charge >= 0.3 is 5.97 Å². The maximum atomic E-state index is 11.6. The van der Waals surface area contributed by atoms with Crippen LogP contribution >= 0.6 is 0 Å². The third kappa shape index (κ3) is 4.18. The zero-order valence-corrected chi connectivity index (χ0v) is 11.7. The van der Waals surface area contributed by atoms with Crippen LogP contribution in [0.5, 0.6) is 0 Å². The number of hydrogen-bond donors (Lipinski definition) is 2. The number of carbonyl (C=O) groups is 2. The minimum absolute atomic E-state index is 0.0817. The summed E-state index contributed by atoms with van der Waals surface area (Å²) in [5.41, 5.74) is 1.16. The molecular weight excluding hydrogens is 266 g/mol. The Kier molecular flexibility index (Phi) is 4.72. The van der Waals surface area contributed by atoms with Crippen LogP contribution in [0.4, 0.5) is 0 Å². The van der Waals surface area contributed by atoms with Crippen LogP contribution in [0.15, 0.2) is 54.6 Å². The Labute approximate surface area is 123 Å². The quantitative estimate of drug-likeness (QED) is 0.829. The second-order valence-electron chi connectivity index (χ2n) is 4.92. The summed E-state index contributed by atoms with van der Waals surface area (Å²) in [6.45, 7) is 1.90. The van der Waals surface area contributed by atoms with Crippen molar-refractivity contribution in [1.82, 2.24) is 5.32 Å². The summed E-state index contributed by atoms with van der Waals surface area (Å²) < 4.78 is 0. The van der Waals surface area contributed by atoms with E-state index >= 15 is 0 Å². The van der Waals surface area contributed by atoms with Gasteiger partial charge in [0.05, 0.1) is 0 Å². The van der Waals surface area contributed by atoms with E-state index < -0.39 is 11.9 Å². The summed E-state index contributed by atoms with van der Waals surface area (Å²) in [5, 5.41) is 13.6. The second-order valence-corrected chi connectivity index (χ2v) is 4.92. The zero-order chi connectivity index (χ0) is 15.2. The van der Waals surface area contributed by atoms with E-state index in [0.717, 1.165) is 17.7 Å². The molecule has 4 nitrogen and oxygen atoms in total. The summed E-state index contributed by atoms with van der Waals surface area (Å²) in [5.74, 6) is -1.53. The number of hydrogen-bond acceptors (Lipinski definition) is 2. The molecule has 0 fully saturated rings. The molecule has 2 N–H and O–H groups in total. The van der Waals surface area contributed by atoms with Crippen molar-refractivity contribution in [2.24, 2.45) is 0 Å². The van der Waals surface area contributed by atoms with Gasteiger partial charge in [-0.3, -0.25) is 4.79 Å². The molecule has 0 saturated carbocycles. The molecule has 0 aliphatic rings. The Morgan fingerprint density at radius 3 is 2.62 bits per heavy atom. The Hall–Kier alpha value is -2.62. The second kappa shape index (κ2) is 6.70. The molecule has 2 rings (SSSR count). The largest absolute Gasteiger partial charge is 0.478 e. The summed E-state index contributed by atoms with van der Waals surface area (Å²) in [6.07, 6.45) is 2.55. The number of carbonyl (C=O) groups excluding carboxylic acids is 1. The lowest BCUT2D eigenvalue weighted by Gasteiger charge is -2.14. The van der Waals surface area contributed by atoms with E-state index in [1.807, 2.05) is 31.2 Å². The molecule has 0 unspecified atom stereocenters. The first-order valence-corrected chi connectivity index (χ1v) is 6.74. The monoisotopic (exact) mass is 283 g/mol. The number of carboxylic acids is 1. The van der Waals surface area contributed by atoms with E-state index in [9.17, 15) is 9.59 Å². The van der Waals surface area contributed by atoms with Gasteiger partial charge in [0.2, 0.25) is 5.91 Å². The molecule has 0 radical (unpaired) electrons. The molecule has 0 saturated heterocycles. The van der Waals surface area contributed by atoms with Crippen LogP contribution in [0.3, 0.4) is 0 Å². The highest BCUT2D eigenvalue weighted by Crippen LogP contribution is 2.19. The Morgan fingerprint density at radius 2 is 1.86 bits per heavy atom. The molecule has 0 spiro atoms. The van der Waals surface area contributed by atoms with Crippen molar-refractivity contribution in [3.8, 4) is 0 Å². The number of amides is 1. The average molecular weight is 283 g/mol. The third-order valence-corrected chi connectivity index (χ3v) is 3.17. The summed E-state index contributed by atoms with van der Waals surface area (Å²) >= 11 is 0. The van der Waals surface area contributed by atoms with Gasteiger partial charge in [0.1, 0.15) is 0 Å². The molecule has 2 aromatic rings. The third-order valence-electron chi connectivity index (χ3n) is 3.17. The van der Waals surface area contributed by atoms with Crippen LogP contribution in [-0.4, -0.2) is 23.0 Å². The van der Waals surface area contributed by atoms with Crippen molar-refractivity contribution in [2.75, 3.05) is 0 Å². The predicted molar refractivity (Wildman–Crippen MR) is 82.0 cm³/mol. The minimum Gasteiger partial charge on any atom is -0.478 e. The summed E-state index contributed by atoms with van der Waals surface area (Å²) in [4.78, 5) is 21.9. The van der Waals surface area contributed by atoms with Crippen molar-refractivity contribution < 1.29 is 14.7 Å². The first kappa shape index (κ1) is 14.8. The summed E-state index contributed by atoms with van der Waals surface area (Å²) in [6, 6.07) is 14.1. The molecule has 0 aliphatic carbocycles. The molecule has 0 aliphatic heterocycles. The van der Waals surface area contributed by atoms with Gasteiger partial charge in [-0.25, -0.2) is 4.79 Å². The molecule has 0 aromatic heterocycles. The van der Waals surface area contributed by atoms with Gasteiger partial charge in [-0.1, -0.05) is 42.5 Å². The van der Waals surface area contributed by atoms with Crippen molar-refractivity contribution in [2.45, 2.75) is 19.4 Å². The zero-order valence-electron chi connectivity index (χ0n) is 11.7. The van der Waals surface area contributed by atoms with E-state index in [1.54, 1.807) is 0 Å². The van der Waals surface area contributed by atoms with Gasteiger partial charge in [0.15, 0.2) is 0 Å². The topological polar surface area (TPSA) is 66.4 Å². The fourth-order valence-electron chi connectivity index (χ4n) is 2.29. The highest BCUT2D eigenvalue weighted by molar-refractivity contribution is 5.94. The van der Waals surface area contributed by atoms with E-state index in [1.165, 1.54) is 10.8 Å². The molecule has 1 amide bonds. The number of nitrogens with one attached hydrogen (secondary N) is 1. The Bertz CT molecular complexity index is 686. The van der Waals surface area contributed by atoms with Gasteiger partial charge < -0.3 is 10.4 Å². The fraction of sp³-hybridized carbons (Fsp3) is 0.176. The van der Waals surface area contributed by atoms with Crippen molar-refractivity contribution in [1.29, 1.82) is 0 Å². The lowest BCUT2D eigenvalue weighted by Crippen LogP contribution is -2.32. The first-order valence-electron chi connectivity index (χ1n) is 6.74. The van der Waals surface area contributed by atoms with Crippen LogP contribution in [0, 0.1) is 0 Å². The lowest BCUT2D eigenvalue weighted by molar-refractivity contribution is -0.131. The Morgan fingerprint density at radius 1 is 1.14 bits per heavy atom. The highest BCUT2D eigenvalue weighted by Gasteiger charge is 2.08. The number of carboxylic acid groups (broad SMARTS) is 1. The molecule has 1 atom stereocenters. The van der Waals surface area contributed by atoms with Gasteiger partial charge in [-0.2, -0.15) is 0 Å². The summed E-state index contributed by atoms with van der Waals surface area (Å²) in [7, 11) is 0. The van der Waals surface area contributed by atoms with Crippen molar-refractivity contribution in [3.05, 3.63) is 60.2 Å². The molecule has 0 heterocycles. The van der Waals surface area contributed by atoms with E-state index in [2.05, 4.69) is 23.5 Å². The Balaban J connectivity index is 2.06. The average Bonchev–Trinajstić information content (AvgIpc) is 2.45. The van der Waals surface area contributed by atoms with Crippen LogP contribution in [0.1, 0.15) is 12.5 Å². The number of benzene rings is 2. The minimum atomic E-state index is -1.13. The molecule has 21 heavy (non-hydrogen) atoms. The van der Waals surface area contributed by atoms with Crippen LogP contribution in [0.25, 0.3) is 10.8 Å². The smallest absolute Gasteiger partial charge is 0.328 e. The van der Waals surface area contributed by atoms with Crippen molar-refractivity contribution in [3.63, 3.8) is 0 Å². The van der Waals surface area contributed by atoms with E-state index in [-0.39, 0.29) is 6.04 Å². The predicted octanol–water partition coefficient (Wildman–Crippen LogP) is 2.53.